The standard InChI is InChI=1S/C23H29Cl2N3O/c1-23(2,3)22(29)27-21(19-9-4-5-12-26-19)16-10-13-28(14-11-16)15-17-7-6-8-18(24)20(17)25/h4-9,12,16,21H,10-11,13-15H2,1-3H3,(H,27,29)/t21-/m0/s1. The van der Waals surface area contributed by atoms with Crippen LogP contribution in [0.4, 0.5) is 0 Å². The summed E-state index contributed by atoms with van der Waals surface area (Å²) in [6.45, 7) is 8.50. The van der Waals surface area contributed by atoms with Crippen LogP contribution in [0.5, 0.6) is 0 Å². The van der Waals surface area contributed by atoms with Crippen LogP contribution < -0.4 is 5.32 Å². The summed E-state index contributed by atoms with van der Waals surface area (Å²) in [7, 11) is 0. The number of nitrogens with one attached hydrogen (secondary N) is 1. The normalized spacial score (nSPS) is 17.1. The topological polar surface area (TPSA) is 45.2 Å². The molecule has 1 fully saturated rings. The van der Waals surface area contributed by atoms with Gasteiger partial charge in [0.25, 0.3) is 0 Å². The van der Waals surface area contributed by atoms with Crippen molar-refractivity contribution in [2.75, 3.05) is 13.1 Å². The van der Waals surface area contributed by atoms with Crippen LogP contribution >= 0.6 is 23.2 Å². The number of aromatic nitrogens is 1. The fourth-order valence-electron chi connectivity index (χ4n) is 3.71. The Bertz CT molecular complexity index is 828. The first-order chi connectivity index (χ1) is 13.8. The van der Waals surface area contributed by atoms with Crippen LogP contribution in [0, 0.1) is 11.3 Å². The number of halogens is 2. The van der Waals surface area contributed by atoms with Crippen molar-refractivity contribution in [1.82, 2.24) is 15.2 Å². The highest BCUT2D eigenvalue weighted by molar-refractivity contribution is 6.42. The van der Waals surface area contributed by atoms with Gasteiger partial charge in [-0.15, -0.1) is 0 Å². The van der Waals surface area contributed by atoms with Crippen LogP contribution in [0.3, 0.4) is 0 Å². The highest BCUT2D eigenvalue weighted by atomic mass is 35.5. The van der Waals surface area contributed by atoms with E-state index in [4.69, 9.17) is 23.2 Å². The minimum absolute atomic E-state index is 0.0568. The summed E-state index contributed by atoms with van der Waals surface area (Å²) in [5.74, 6) is 0.406. The molecule has 2 heterocycles. The molecule has 0 unspecified atom stereocenters. The zero-order valence-electron chi connectivity index (χ0n) is 17.3. The van der Waals surface area contributed by atoms with Gasteiger partial charge >= 0.3 is 0 Å². The predicted octanol–water partition coefficient (Wildman–Crippen LogP) is 5.50. The fraction of sp³-hybridized carbons (Fsp3) is 0.478. The van der Waals surface area contributed by atoms with Crippen molar-refractivity contribution in [3.8, 4) is 0 Å². The highest BCUT2D eigenvalue weighted by Gasteiger charge is 2.32. The van der Waals surface area contributed by atoms with E-state index in [0.717, 1.165) is 43.7 Å². The summed E-state index contributed by atoms with van der Waals surface area (Å²) >= 11 is 12.5. The Balaban J connectivity index is 1.68. The molecule has 0 spiro atoms. The number of amides is 1. The van der Waals surface area contributed by atoms with Crippen molar-refractivity contribution >= 4 is 29.1 Å². The molecule has 4 nitrogen and oxygen atoms in total. The summed E-state index contributed by atoms with van der Waals surface area (Å²) in [4.78, 5) is 19.6. The Hall–Kier alpha value is -1.62. The lowest BCUT2D eigenvalue weighted by Gasteiger charge is -2.37. The molecule has 3 rings (SSSR count). The largest absolute Gasteiger partial charge is 0.347 e. The number of pyridine rings is 1. The Labute approximate surface area is 183 Å². The molecule has 1 saturated heterocycles. The van der Waals surface area contributed by atoms with Gasteiger partial charge in [-0.25, -0.2) is 0 Å². The van der Waals surface area contributed by atoms with Crippen LogP contribution in [0.2, 0.25) is 10.0 Å². The van der Waals surface area contributed by atoms with Crippen LogP contribution in [0.1, 0.15) is 50.9 Å². The summed E-state index contributed by atoms with van der Waals surface area (Å²) in [5, 5.41) is 4.50. The Morgan fingerprint density at radius 2 is 1.90 bits per heavy atom. The fourth-order valence-corrected chi connectivity index (χ4v) is 4.09. The van der Waals surface area contributed by atoms with Gasteiger partial charge in [0.15, 0.2) is 0 Å². The molecule has 1 aromatic carbocycles. The van der Waals surface area contributed by atoms with E-state index in [-0.39, 0.29) is 11.9 Å². The smallest absolute Gasteiger partial charge is 0.225 e. The van der Waals surface area contributed by atoms with Gasteiger partial charge in [-0.05, 0) is 55.6 Å². The Kier molecular flexibility index (Phi) is 7.20. The zero-order chi connectivity index (χ0) is 21.0. The van der Waals surface area contributed by atoms with E-state index in [0.29, 0.717) is 16.0 Å². The van der Waals surface area contributed by atoms with Crippen molar-refractivity contribution < 1.29 is 4.79 Å². The summed E-state index contributed by atoms with van der Waals surface area (Å²) in [5.41, 5.74) is 1.55. The Morgan fingerprint density at radius 3 is 2.52 bits per heavy atom. The second-order valence-corrected chi connectivity index (χ2v) is 9.57. The number of carbonyl (C=O) groups excluding carboxylic acids is 1. The van der Waals surface area contributed by atoms with E-state index in [2.05, 4.69) is 15.2 Å². The van der Waals surface area contributed by atoms with E-state index in [1.54, 1.807) is 6.20 Å². The first kappa shape index (κ1) is 22.1. The van der Waals surface area contributed by atoms with E-state index in [1.165, 1.54) is 0 Å². The summed E-state index contributed by atoms with van der Waals surface area (Å²) < 4.78 is 0. The lowest BCUT2D eigenvalue weighted by atomic mass is 9.85. The monoisotopic (exact) mass is 433 g/mol. The number of piperidine rings is 1. The molecule has 1 aromatic heterocycles. The lowest BCUT2D eigenvalue weighted by molar-refractivity contribution is -0.129. The maximum atomic E-state index is 12.7. The van der Waals surface area contributed by atoms with Gasteiger partial charge in [0.1, 0.15) is 0 Å². The van der Waals surface area contributed by atoms with Gasteiger partial charge in [-0.2, -0.15) is 0 Å². The van der Waals surface area contributed by atoms with Gasteiger partial charge in [-0.3, -0.25) is 14.7 Å². The minimum atomic E-state index is -0.433. The second-order valence-electron chi connectivity index (χ2n) is 8.78. The number of carbonyl (C=O) groups is 1. The molecular formula is C23H29Cl2N3O. The third kappa shape index (κ3) is 5.71. The molecule has 0 saturated carbocycles. The number of benzene rings is 1. The number of likely N-dealkylation sites (tertiary alicyclic amines) is 1. The maximum absolute atomic E-state index is 12.7. The maximum Gasteiger partial charge on any atom is 0.225 e. The van der Waals surface area contributed by atoms with Gasteiger partial charge < -0.3 is 5.32 Å². The molecule has 0 bridgehead atoms. The van der Waals surface area contributed by atoms with E-state index >= 15 is 0 Å². The van der Waals surface area contributed by atoms with Gasteiger partial charge in [-0.1, -0.05) is 62.2 Å². The zero-order valence-corrected chi connectivity index (χ0v) is 18.8. The van der Waals surface area contributed by atoms with Gasteiger partial charge in [0.2, 0.25) is 5.91 Å². The van der Waals surface area contributed by atoms with Crippen molar-refractivity contribution in [3.05, 3.63) is 63.9 Å². The van der Waals surface area contributed by atoms with Gasteiger partial charge in [0, 0.05) is 18.2 Å². The number of nitrogens with zero attached hydrogens (tertiary/aromatic N) is 2. The Morgan fingerprint density at radius 1 is 1.17 bits per heavy atom. The van der Waals surface area contributed by atoms with Crippen molar-refractivity contribution in [3.63, 3.8) is 0 Å². The average Bonchev–Trinajstić information content (AvgIpc) is 2.70. The molecule has 2 aromatic rings. The predicted molar refractivity (Wildman–Crippen MR) is 119 cm³/mol. The molecule has 0 aliphatic carbocycles. The SMILES string of the molecule is CC(C)(C)C(=O)N[C@H](c1ccccn1)C1CCN(Cc2cccc(Cl)c2Cl)CC1. The van der Waals surface area contributed by atoms with Crippen molar-refractivity contribution in [1.29, 1.82) is 0 Å². The lowest BCUT2D eigenvalue weighted by Crippen LogP contribution is -2.44. The van der Waals surface area contributed by atoms with Crippen LogP contribution in [-0.2, 0) is 11.3 Å². The molecule has 1 amide bonds. The van der Waals surface area contributed by atoms with E-state index in [9.17, 15) is 4.79 Å². The quantitative estimate of drug-likeness (QED) is 0.676. The average molecular weight is 434 g/mol. The third-order valence-electron chi connectivity index (χ3n) is 5.50. The molecule has 1 N–H and O–H groups in total. The van der Waals surface area contributed by atoms with Crippen LogP contribution in [-0.4, -0.2) is 28.9 Å². The molecule has 29 heavy (non-hydrogen) atoms. The molecular weight excluding hydrogens is 405 g/mol. The number of hydrogen-bond acceptors (Lipinski definition) is 3. The van der Waals surface area contributed by atoms with Crippen LogP contribution in [0.15, 0.2) is 42.6 Å². The first-order valence-corrected chi connectivity index (χ1v) is 10.9. The van der Waals surface area contributed by atoms with Crippen molar-refractivity contribution in [2.24, 2.45) is 11.3 Å². The van der Waals surface area contributed by atoms with Crippen LogP contribution in [0.25, 0.3) is 0 Å². The number of rotatable bonds is 5. The third-order valence-corrected chi connectivity index (χ3v) is 6.36. The molecule has 1 aliphatic rings. The molecule has 0 radical (unpaired) electrons. The summed E-state index contributed by atoms with van der Waals surface area (Å²) in [6.07, 6.45) is 3.77. The summed E-state index contributed by atoms with van der Waals surface area (Å²) in [6, 6.07) is 11.6. The first-order valence-electron chi connectivity index (χ1n) is 10.1. The van der Waals surface area contributed by atoms with Gasteiger partial charge in [0.05, 0.1) is 21.8 Å². The molecule has 6 heteroatoms. The molecule has 1 atom stereocenters. The van der Waals surface area contributed by atoms with E-state index in [1.807, 2.05) is 57.2 Å². The second kappa shape index (κ2) is 9.46. The van der Waals surface area contributed by atoms with Crippen molar-refractivity contribution in [2.45, 2.75) is 46.2 Å². The number of hydrogen-bond donors (Lipinski definition) is 1. The highest BCUT2D eigenvalue weighted by Crippen LogP contribution is 2.33. The molecule has 1 aliphatic heterocycles. The molecule has 156 valence electrons. The minimum Gasteiger partial charge on any atom is -0.347 e. The van der Waals surface area contributed by atoms with E-state index < -0.39 is 5.41 Å².